The molecule has 1 aliphatic carbocycles. The maximum atomic E-state index is 12.3. The van der Waals surface area contributed by atoms with Gasteiger partial charge in [0.2, 0.25) is 0 Å². The molecule has 0 bridgehead atoms. The van der Waals surface area contributed by atoms with E-state index in [-0.39, 0.29) is 5.78 Å². The number of rotatable bonds is 7. The standard InChI is InChI=1S/C20H20O3S/c1-4-5-15-12-16(20(23-3)13-19(15)22-2)8-11-18(21)14-6-9-17(24)10-7-14/h4,6-9,11-13H,1,5,10H2,2-3H3. The van der Waals surface area contributed by atoms with E-state index >= 15 is 0 Å². The molecule has 2 rings (SSSR count). The summed E-state index contributed by atoms with van der Waals surface area (Å²) in [6, 6.07) is 3.77. The molecule has 0 unspecified atom stereocenters. The molecule has 1 aliphatic rings. The van der Waals surface area contributed by atoms with Crippen LogP contribution >= 0.6 is 12.2 Å². The van der Waals surface area contributed by atoms with Crippen LogP contribution in [0.2, 0.25) is 0 Å². The highest BCUT2D eigenvalue weighted by Crippen LogP contribution is 2.30. The van der Waals surface area contributed by atoms with Gasteiger partial charge in [0.15, 0.2) is 5.78 Å². The Morgan fingerprint density at radius 1 is 1.25 bits per heavy atom. The fourth-order valence-electron chi connectivity index (χ4n) is 2.41. The van der Waals surface area contributed by atoms with E-state index in [1.807, 2.05) is 24.3 Å². The summed E-state index contributed by atoms with van der Waals surface area (Å²) in [6.07, 6.45) is 11.8. The number of benzene rings is 1. The molecule has 0 heterocycles. The van der Waals surface area contributed by atoms with Gasteiger partial charge in [0.1, 0.15) is 11.5 Å². The number of hydrogen-bond donors (Lipinski definition) is 0. The molecule has 124 valence electrons. The van der Waals surface area contributed by atoms with E-state index in [1.165, 1.54) is 0 Å². The van der Waals surface area contributed by atoms with Crippen LogP contribution in [0.25, 0.3) is 6.08 Å². The molecule has 0 spiro atoms. The number of carbonyl (C=O) groups is 1. The molecule has 0 radical (unpaired) electrons. The topological polar surface area (TPSA) is 35.5 Å². The predicted molar refractivity (Wildman–Crippen MR) is 102 cm³/mol. The van der Waals surface area contributed by atoms with Gasteiger partial charge >= 0.3 is 0 Å². The molecule has 3 nitrogen and oxygen atoms in total. The van der Waals surface area contributed by atoms with Gasteiger partial charge in [-0.1, -0.05) is 30.4 Å². The van der Waals surface area contributed by atoms with Crippen LogP contribution in [0, 0.1) is 0 Å². The highest BCUT2D eigenvalue weighted by Gasteiger charge is 2.10. The largest absolute Gasteiger partial charge is 0.496 e. The lowest BCUT2D eigenvalue weighted by molar-refractivity contribution is -0.111. The first-order valence-corrected chi connectivity index (χ1v) is 7.99. The van der Waals surface area contributed by atoms with E-state index in [1.54, 1.807) is 38.5 Å². The Balaban J connectivity index is 2.29. The Bertz CT molecular complexity index is 754. The van der Waals surface area contributed by atoms with Crippen molar-refractivity contribution >= 4 is 28.9 Å². The van der Waals surface area contributed by atoms with Crippen LogP contribution in [0.1, 0.15) is 17.5 Å². The lowest BCUT2D eigenvalue weighted by Crippen LogP contribution is -2.02. The van der Waals surface area contributed by atoms with Crippen molar-refractivity contribution in [3.8, 4) is 11.5 Å². The first-order chi connectivity index (χ1) is 11.6. The molecular weight excluding hydrogens is 320 g/mol. The third-order valence-electron chi connectivity index (χ3n) is 3.67. The second kappa shape index (κ2) is 8.41. The number of ketones is 1. The van der Waals surface area contributed by atoms with Crippen molar-refractivity contribution in [3.63, 3.8) is 0 Å². The second-order valence-corrected chi connectivity index (χ2v) is 5.78. The first-order valence-electron chi connectivity index (χ1n) is 7.58. The quantitative estimate of drug-likeness (QED) is 0.422. The van der Waals surface area contributed by atoms with Gasteiger partial charge in [-0.2, -0.15) is 0 Å². The summed E-state index contributed by atoms with van der Waals surface area (Å²) in [7, 11) is 3.21. The third-order valence-corrected chi connectivity index (χ3v) is 3.97. The van der Waals surface area contributed by atoms with Gasteiger partial charge in [0.25, 0.3) is 0 Å². The number of thiocarbonyl (C=S) groups is 1. The van der Waals surface area contributed by atoms with Crippen LogP contribution in [-0.2, 0) is 11.2 Å². The van der Waals surface area contributed by atoms with E-state index in [4.69, 9.17) is 21.7 Å². The number of allylic oxidation sites excluding steroid dienone is 6. The van der Waals surface area contributed by atoms with Gasteiger partial charge in [-0.25, -0.2) is 0 Å². The van der Waals surface area contributed by atoms with E-state index in [0.717, 1.165) is 21.7 Å². The summed E-state index contributed by atoms with van der Waals surface area (Å²) < 4.78 is 10.8. The van der Waals surface area contributed by atoms with Crippen molar-refractivity contribution in [2.24, 2.45) is 0 Å². The van der Waals surface area contributed by atoms with Crippen molar-refractivity contribution in [3.05, 3.63) is 65.8 Å². The van der Waals surface area contributed by atoms with Gasteiger partial charge in [-0.15, -0.1) is 6.58 Å². The van der Waals surface area contributed by atoms with Crippen molar-refractivity contribution < 1.29 is 14.3 Å². The Morgan fingerprint density at radius 3 is 2.58 bits per heavy atom. The van der Waals surface area contributed by atoms with Crippen LogP contribution in [-0.4, -0.2) is 24.9 Å². The maximum absolute atomic E-state index is 12.3. The highest BCUT2D eigenvalue weighted by atomic mass is 32.1. The molecule has 1 aromatic carbocycles. The SMILES string of the molecule is C=CCc1cc(C=CC(=O)C2=CCC(=S)C=C2)c(OC)cc1OC. The molecule has 0 N–H and O–H groups in total. The number of carbonyl (C=O) groups excluding carboxylic acids is 1. The molecule has 0 saturated carbocycles. The van der Waals surface area contributed by atoms with Crippen molar-refractivity contribution in [2.75, 3.05) is 14.2 Å². The van der Waals surface area contributed by atoms with Crippen LogP contribution in [0.3, 0.4) is 0 Å². The van der Waals surface area contributed by atoms with Crippen LogP contribution in [0.15, 0.2) is 54.7 Å². The van der Waals surface area contributed by atoms with Gasteiger partial charge in [0.05, 0.1) is 14.2 Å². The van der Waals surface area contributed by atoms with Crippen LogP contribution < -0.4 is 9.47 Å². The van der Waals surface area contributed by atoms with Gasteiger partial charge in [-0.05, 0) is 36.3 Å². The lowest BCUT2D eigenvalue weighted by Gasteiger charge is -2.12. The molecule has 4 heteroatoms. The second-order valence-electron chi connectivity index (χ2n) is 5.26. The fourth-order valence-corrected chi connectivity index (χ4v) is 2.56. The minimum atomic E-state index is -0.0584. The molecule has 0 fully saturated rings. The number of hydrogen-bond acceptors (Lipinski definition) is 4. The van der Waals surface area contributed by atoms with Crippen LogP contribution in [0.4, 0.5) is 0 Å². The van der Waals surface area contributed by atoms with E-state index in [2.05, 4.69) is 6.58 Å². The highest BCUT2D eigenvalue weighted by molar-refractivity contribution is 7.80. The average Bonchev–Trinajstić information content (AvgIpc) is 2.60. The van der Waals surface area contributed by atoms with Crippen molar-refractivity contribution in [1.82, 2.24) is 0 Å². The minimum Gasteiger partial charge on any atom is -0.496 e. The van der Waals surface area contributed by atoms with Crippen LogP contribution in [0.5, 0.6) is 11.5 Å². The summed E-state index contributed by atoms with van der Waals surface area (Å²) in [5.41, 5.74) is 2.46. The van der Waals surface area contributed by atoms with Crippen molar-refractivity contribution in [1.29, 1.82) is 0 Å². The van der Waals surface area contributed by atoms with Gasteiger partial charge in [-0.3, -0.25) is 4.79 Å². The smallest absolute Gasteiger partial charge is 0.185 e. The Hall–Kier alpha value is -2.46. The lowest BCUT2D eigenvalue weighted by atomic mass is 10.0. The summed E-state index contributed by atoms with van der Waals surface area (Å²) in [4.78, 5) is 13.1. The zero-order valence-corrected chi connectivity index (χ0v) is 14.7. The Kier molecular flexibility index (Phi) is 6.27. The first kappa shape index (κ1) is 17.9. The normalized spacial score (nSPS) is 13.8. The molecule has 0 amide bonds. The molecule has 1 aromatic rings. The van der Waals surface area contributed by atoms with Crippen molar-refractivity contribution in [2.45, 2.75) is 12.8 Å². The van der Waals surface area contributed by atoms with E-state index < -0.39 is 0 Å². The van der Waals surface area contributed by atoms with E-state index in [0.29, 0.717) is 24.2 Å². The molecule has 24 heavy (non-hydrogen) atoms. The zero-order chi connectivity index (χ0) is 17.5. The monoisotopic (exact) mass is 340 g/mol. The minimum absolute atomic E-state index is 0.0584. The predicted octanol–water partition coefficient (Wildman–Crippen LogP) is 4.27. The van der Waals surface area contributed by atoms with E-state index in [9.17, 15) is 4.79 Å². The molecular formula is C20H20O3S. The number of ether oxygens (including phenoxy) is 2. The average molecular weight is 340 g/mol. The molecule has 0 atom stereocenters. The maximum Gasteiger partial charge on any atom is 0.185 e. The van der Waals surface area contributed by atoms with Gasteiger partial charge in [0, 0.05) is 28.5 Å². The van der Waals surface area contributed by atoms with Gasteiger partial charge < -0.3 is 9.47 Å². The zero-order valence-electron chi connectivity index (χ0n) is 13.9. The summed E-state index contributed by atoms with van der Waals surface area (Å²) in [5, 5.41) is 0. The Labute approximate surface area is 148 Å². The summed E-state index contributed by atoms with van der Waals surface area (Å²) in [5.74, 6) is 1.33. The number of methoxy groups -OCH3 is 2. The molecule has 0 aromatic heterocycles. The fraction of sp³-hybridized carbons (Fsp3) is 0.200. The third kappa shape index (κ3) is 4.30. The molecule has 0 aliphatic heterocycles. The summed E-state index contributed by atoms with van der Waals surface area (Å²) in [6.45, 7) is 3.76. The molecule has 0 saturated heterocycles. The Morgan fingerprint density at radius 2 is 2.00 bits per heavy atom. The summed E-state index contributed by atoms with van der Waals surface area (Å²) >= 11 is 5.08.